The normalized spacial score (nSPS) is 20.6. The highest BCUT2D eigenvalue weighted by Gasteiger charge is 2.39. The monoisotopic (exact) mass is 461 g/mol. The van der Waals surface area contributed by atoms with Gasteiger partial charge >= 0.3 is 0 Å². The van der Waals surface area contributed by atoms with E-state index in [-0.39, 0.29) is 29.8 Å². The van der Waals surface area contributed by atoms with Crippen molar-refractivity contribution in [3.63, 3.8) is 0 Å². The van der Waals surface area contributed by atoms with Crippen LogP contribution in [0.25, 0.3) is 0 Å². The Morgan fingerprint density at radius 3 is 2.41 bits per heavy atom. The summed E-state index contributed by atoms with van der Waals surface area (Å²) in [5, 5.41) is 6.14. The molecule has 0 unspecified atom stereocenters. The predicted molar refractivity (Wildman–Crippen MR) is 136 cm³/mol. The molecule has 0 spiro atoms. The van der Waals surface area contributed by atoms with Crippen molar-refractivity contribution in [2.24, 2.45) is 5.92 Å². The second-order valence-electron chi connectivity index (χ2n) is 9.99. The van der Waals surface area contributed by atoms with Crippen LogP contribution < -0.4 is 10.6 Å². The first kappa shape index (κ1) is 24.5. The van der Waals surface area contributed by atoms with Crippen LogP contribution in [0.5, 0.6) is 0 Å². The molecule has 5 nitrogen and oxygen atoms in total. The number of nitrogens with zero attached hydrogens (tertiary/aromatic N) is 1. The van der Waals surface area contributed by atoms with Crippen LogP contribution >= 0.6 is 0 Å². The third-order valence-electron chi connectivity index (χ3n) is 7.63. The fraction of sp³-hybridized carbons (Fsp3) is 0.517. The van der Waals surface area contributed by atoms with Crippen LogP contribution in [0.15, 0.2) is 54.6 Å². The van der Waals surface area contributed by atoms with Gasteiger partial charge in [0.05, 0.1) is 12.1 Å². The second kappa shape index (κ2) is 11.7. The van der Waals surface area contributed by atoms with Crippen molar-refractivity contribution in [3.05, 3.63) is 71.3 Å². The number of hydrogen-bond acceptors (Lipinski definition) is 3. The van der Waals surface area contributed by atoms with Gasteiger partial charge in [0, 0.05) is 6.54 Å². The highest BCUT2D eigenvalue weighted by Crippen LogP contribution is 2.35. The molecule has 0 bridgehead atoms. The van der Waals surface area contributed by atoms with E-state index in [1.807, 2.05) is 17.9 Å². The Hall–Kier alpha value is -2.66. The molecule has 1 heterocycles. The molecule has 2 aromatic rings. The molecule has 182 valence electrons. The van der Waals surface area contributed by atoms with E-state index in [0.29, 0.717) is 0 Å². The summed E-state index contributed by atoms with van der Waals surface area (Å²) in [6, 6.07) is 18.5. The molecule has 2 N–H and O–H groups in total. The van der Waals surface area contributed by atoms with Crippen LogP contribution in [0.2, 0.25) is 0 Å². The van der Waals surface area contributed by atoms with Crippen molar-refractivity contribution in [1.82, 2.24) is 15.5 Å². The number of rotatable bonds is 8. The van der Waals surface area contributed by atoms with Crippen LogP contribution in [-0.4, -0.2) is 42.4 Å². The van der Waals surface area contributed by atoms with E-state index < -0.39 is 6.04 Å². The van der Waals surface area contributed by atoms with Crippen LogP contribution in [0.3, 0.4) is 0 Å². The maximum Gasteiger partial charge on any atom is 0.245 e. The molecule has 0 aromatic heterocycles. The fourth-order valence-electron chi connectivity index (χ4n) is 5.56. The minimum absolute atomic E-state index is 0.0768. The largest absolute Gasteiger partial charge is 0.343 e. The Morgan fingerprint density at radius 1 is 0.941 bits per heavy atom. The van der Waals surface area contributed by atoms with Gasteiger partial charge in [0.2, 0.25) is 11.8 Å². The average molecular weight is 462 g/mol. The van der Waals surface area contributed by atoms with E-state index in [1.54, 1.807) is 7.05 Å². The number of amides is 2. The molecule has 1 saturated carbocycles. The molecule has 1 aliphatic heterocycles. The third-order valence-corrected chi connectivity index (χ3v) is 7.63. The van der Waals surface area contributed by atoms with E-state index in [9.17, 15) is 9.59 Å². The van der Waals surface area contributed by atoms with Crippen molar-refractivity contribution >= 4 is 11.8 Å². The molecule has 2 aliphatic rings. The van der Waals surface area contributed by atoms with Gasteiger partial charge in [-0.3, -0.25) is 9.59 Å². The summed E-state index contributed by atoms with van der Waals surface area (Å²) < 4.78 is 0. The molecule has 2 fully saturated rings. The molecule has 1 aliphatic carbocycles. The molecular formula is C29H39N3O2. The lowest BCUT2D eigenvalue weighted by atomic mass is 9.83. The minimum Gasteiger partial charge on any atom is -0.343 e. The summed E-state index contributed by atoms with van der Waals surface area (Å²) in [7, 11) is 1.78. The maximum absolute atomic E-state index is 13.9. The molecule has 34 heavy (non-hydrogen) atoms. The van der Waals surface area contributed by atoms with Crippen LogP contribution in [-0.2, 0) is 16.0 Å². The summed E-state index contributed by atoms with van der Waals surface area (Å²) in [6.45, 7) is 2.60. The molecule has 0 radical (unpaired) electrons. The fourth-order valence-corrected chi connectivity index (χ4v) is 5.56. The molecule has 1 saturated heterocycles. The maximum atomic E-state index is 13.9. The molecule has 5 heteroatoms. The predicted octanol–water partition coefficient (Wildman–Crippen LogP) is 4.61. The second-order valence-corrected chi connectivity index (χ2v) is 9.99. The van der Waals surface area contributed by atoms with Gasteiger partial charge in [-0.2, -0.15) is 0 Å². The standard InChI is InChI=1S/C29H39N3O2/c1-21(30-2)28(33)31-27(24-14-7-4-8-15-24)29(34)32-18-10-17-26(32)25-16-9-13-23(20-25)19-22-11-5-3-6-12-22/h3,5-6,9,11-13,16,20-21,24,26-27,30H,4,7-8,10,14-15,17-19H2,1-2H3,(H,31,33)/t21-,26-,27-/m0/s1. The zero-order valence-electron chi connectivity index (χ0n) is 20.6. The van der Waals surface area contributed by atoms with Gasteiger partial charge in [-0.15, -0.1) is 0 Å². The van der Waals surface area contributed by atoms with Crippen molar-refractivity contribution in [2.45, 2.75) is 76.4 Å². The average Bonchev–Trinajstić information content (AvgIpc) is 3.38. The number of carbonyl (C=O) groups is 2. The van der Waals surface area contributed by atoms with Crippen molar-refractivity contribution in [3.8, 4) is 0 Å². The van der Waals surface area contributed by atoms with Gasteiger partial charge in [-0.05, 0) is 68.7 Å². The summed E-state index contributed by atoms with van der Waals surface area (Å²) in [6.07, 6.45) is 8.37. The smallest absolute Gasteiger partial charge is 0.245 e. The van der Waals surface area contributed by atoms with Gasteiger partial charge in [0.25, 0.3) is 0 Å². The first-order chi connectivity index (χ1) is 16.6. The van der Waals surface area contributed by atoms with Gasteiger partial charge in [0.15, 0.2) is 0 Å². The Balaban J connectivity index is 1.53. The van der Waals surface area contributed by atoms with Gasteiger partial charge < -0.3 is 15.5 Å². The Labute approximate surface area is 204 Å². The van der Waals surface area contributed by atoms with E-state index in [0.717, 1.165) is 51.5 Å². The summed E-state index contributed by atoms with van der Waals surface area (Å²) in [5.74, 6) is 0.228. The number of carbonyl (C=O) groups excluding carboxylic acids is 2. The Kier molecular flexibility index (Phi) is 8.39. The van der Waals surface area contributed by atoms with Crippen molar-refractivity contribution in [2.75, 3.05) is 13.6 Å². The van der Waals surface area contributed by atoms with Gasteiger partial charge in [-0.25, -0.2) is 0 Å². The first-order valence-corrected chi connectivity index (χ1v) is 13.0. The lowest BCUT2D eigenvalue weighted by molar-refractivity contribution is -0.139. The molecule has 3 atom stereocenters. The molecular weight excluding hydrogens is 422 g/mol. The number of benzene rings is 2. The van der Waals surface area contributed by atoms with Crippen molar-refractivity contribution in [1.29, 1.82) is 0 Å². The Bertz CT molecular complexity index is 955. The Morgan fingerprint density at radius 2 is 1.68 bits per heavy atom. The van der Waals surface area contributed by atoms with Crippen LogP contribution in [0.4, 0.5) is 0 Å². The van der Waals surface area contributed by atoms with E-state index in [4.69, 9.17) is 0 Å². The van der Waals surface area contributed by atoms with Gasteiger partial charge in [0.1, 0.15) is 6.04 Å². The van der Waals surface area contributed by atoms with Crippen molar-refractivity contribution < 1.29 is 9.59 Å². The molecule has 2 amide bonds. The lowest BCUT2D eigenvalue weighted by Gasteiger charge is -2.35. The van der Waals surface area contributed by atoms with E-state index >= 15 is 0 Å². The van der Waals surface area contributed by atoms with E-state index in [2.05, 4.69) is 59.2 Å². The highest BCUT2D eigenvalue weighted by molar-refractivity contribution is 5.90. The zero-order chi connectivity index (χ0) is 23.9. The lowest BCUT2D eigenvalue weighted by Crippen LogP contribution is -2.55. The zero-order valence-corrected chi connectivity index (χ0v) is 20.6. The minimum atomic E-state index is -0.434. The number of nitrogens with one attached hydrogen (secondary N) is 2. The topological polar surface area (TPSA) is 61.4 Å². The summed E-state index contributed by atoms with van der Waals surface area (Å²) in [5.41, 5.74) is 3.76. The third kappa shape index (κ3) is 5.87. The van der Waals surface area contributed by atoms with Crippen LogP contribution in [0, 0.1) is 5.92 Å². The summed E-state index contributed by atoms with van der Waals surface area (Å²) in [4.78, 5) is 28.8. The number of hydrogen-bond donors (Lipinski definition) is 2. The molecule has 2 aromatic carbocycles. The SMILES string of the molecule is CN[C@@H](C)C(=O)N[C@H](C(=O)N1CCC[C@H]1c1cccc(Cc2ccccc2)c1)C1CCCCC1. The summed E-state index contributed by atoms with van der Waals surface area (Å²) >= 11 is 0. The quantitative estimate of drug-likeness (QED) is 0.603. The number of likely N-dealkylation sites (tertiary alicyclic amines) is 1. The first-order valence-electron chi connectivity index (χ1n) is 13.0. The molecule has 4 rings (SSSR count). The van der Waals surface area contributed by atoms with Crippen LogP contribution in [0.1, 0.15) is 74.6 Å². The van der Waals surface area contributed by atoms with Gasteiger partial charge in [-0.1, -0.05) is 73.9 Å². The highest BCUT2D eigenvalue weighted by atomic mass is 16.2. The van der Waals surface area contributed by atoms with E-state index in [1.165, 1.54) is 23.1 Å². The number of likely N-dealkylation sites (N-methyl/N-ethyl adjacent to an activating group) is 1.